The summed E-state index contributed by atoms with van der Waals surface area (Å²) in [6.45, 7) is 5.86. The zero-order valence-electron chi connectivity index (χ0n) is 21.1. The second-order valence-corrected chi connectivity index (χ2v) is 8.88. The summed E-state index contributed by atoms with van der Waals surface area (Å²) in [6, 6.07) is 12.5. The summed E-state index contributed by atoms with van der Waals surface area (Å²) < 4.78 is 53.2. The number of amides is 2. The van der Waals surface area contributed by atoms with Crippen LogP contribution in [0.25, 0.3) is 0 Å². The molecule has 0 bridgehead atoms. The van der Waals surface area contributed by atoms with E-state index in [9.17, 15) is 18.0 Å². The molecule has 0 fully saturated rings. The summed E-state index contributed by atoms with van der Waals surface area (Å²) in [5.41, 5.74) is 2.34. The molecule has 0 saturated carbocycles. The van der Waals surface area contributed by atoms with E-state index in [2.05, 4.69) is 43.0 Å². The molecule has 0 aliphatic heterocycles. The number of ether oxygens (including phenoxy) is 2. The van der Waals surface area contributed by atoms with Crippen LogP contribution in [0, 0.1) is 0 Å². The predicted molar refractivity (Wildman–Crippen MR) is 142 cm³/mol. The lowest BCUT2D eigenvalue weighted by Crippen LogP contribution is -2.23. The molecular formula is C25H27F3N6O3S. The lowest BCUT2D eigenvalue weighted by Gasteiger charge is -2.18. The Labute approximate surface area is 222 Å². The van der Waals surface area contributed by atoms with Crippen LogP contribution in [0.1, 0.15) is 32.3 Å². The quantitative estimate of drug-likeness (QED) is 0.221. The van der Waals surface area contributed by atoms with Crippen molar-refractivity contribution in [1.29, 1.82) is 0 Å². The fourth-order valence-electron chi connectivity index (χ4n) is 3.22. The molecule has 202 valence electrons. The molecule has 0 aliphatic carbocycles. The largest absolute Gasteiger partial charge is 0.573 e. The number of rotatable bonds is 10. The van der Waals surface area contributed by atoms with Crippen molar-refractivity contribution in [3.05, 3.63) is 66.5 Å². The molecule has 38 heavy (non-hydrogen) atoms. The van der Waals surface area contributed by atoms with Crippen molar-refractivity contribution >= 4 is 41.7 Å². The molecule has 0 radical (unpaired) electrons. The zero-order chi connectivity index (χ0) is 27.7. The lowest BCUT2D eigenvalue weighted by atomic mass is 10.0. The first-order chi connectivity index (χ1) is 18.0. The van der Waals surface area contributed by atoms with Crippen molar-refractivity contribution in [2.75, 3.05) is 17.3 Å². The van der Waals surface area contributed by atoms with Gasteiger partial charge >= 0.3 is 12.4 Å². The molecule has 1 unspecified atom stereocenters. The molecule has 1 atom stereocenters. The minimum absolute atomic E-state index is 0.266. The van der Waals surface area contributed by atoms with Gasteiger partial charge in [0, 0.05) is 18.4 Å². The van der Waals surface area contributed by atoms with Crippen LogP contribution >= 0.6 is 12.1 Å². The van der Waals surface area contributed by atoms with Gasteiger partial charge in [-0.05, 0) is 48.7 Å². The summed E-state index contributed by atoms with van der Waals surface area (Å²) >= 11 is 0.860. The Hall–Kier alpha value is -4.00. The first kappa shape index (κ1) is 28.6. The van der Waals surface area contributed by atoms with Gasteiger partial charge in [0.2, 0.25) is 5.95 Å². The average molecular weight is 549 g/mol. The third-order valence-corrected chi connectivity index (χ3v) is 5.49. The predicted octanol–water partition coefficient (Wildman–Crippen LogP) is 6.49. The Morgan fingerprint density at radius 2 is 1.71 bits per heavy atom. The smallest absolute Gasteiger partial charge is 0.482 e. The van der Waals surface area contributed by atoms with Crippen LogP contribution in [0.4, 0.5) is 35.3 Å². The molecule has 2 aromatic carbocycles. The van der Waals surface area contributed by atoms with Gasteiger partial charge in [-0.1, -0.05) is 32.0 Å². The number of para-hydroxylation sites is 1. The highest BCUT2D eigenvalue weighted by atomic mass is 32.2. The summed E-state index contributed by atoms with van der Waals surface area (Å²) in [6.07, 6.45) is -0.747. The van der Waals surface area contributed by atoms with Gasteiger partial charge in [-0.15, -0.1) is 13.2 Å². The van der Waals surface area contributed by atoms with E-state index < -0.39 is 18.5 Å². The van der Waals surface area contributed by atoms with E-state index in [1.807, 2.05) is 24.3 Å². The molecule has 13 heteroatoms. The van der Waals surface area contributed by atoms with Crippen LogP contribution in [0.3, 0.4) is 0 Å². The van der Waals surface area contributed by atoms with E-state index >= 15 is 0 Å². The molecule has 1 aromatic heterocycles. The summed E-state index contributed by atoms with van der Waals surface area (Å²) in [4.78, 5) is 22.2. The third kappa shape index (κ3) is 8.83. The van der Waals surface area contributed by atoms with Gasteiger partial charge in [0.15, 0.2) is 5.75 Å². The monoisotopic (exact) mass is 548 g/mol. The van der Waals surface area contributed by atoms with E-state index in [0.717, 1.165) is 23.4 Å². The second-order valence-electron chi connectivity index (χ2n) is 8.29. The molecule has 9 nitrogen and oxygen atoms in total. The van der Waals surface area contributed by atoms with Crippen LogP contribution in [0.2, 0.25) is 0 Å². The van der Waals surface area contributed by atoms with E-state index in [4.69, 9.17) is 4.74 Å². The minimum Gasteiger partial charge on any atom is -0.482 e. The number of aromatic nitrogens is 2. The average Bonchev–Trinajstić information content (AvgIpc) is 2.86. The van der Waals surface area contributed by atoms with Crippen molar-refractivity contribution in [2.45, 2.75) is 39.2 Å². The number of urea groups is 1. The first-order valence-electron chi connectivity index (χ1n) is 11.5. The number of alkyl halides is 3. The Kier molecular flexibility index (Phi) is 9.77. The Balaban J connectivity index is 1.46. The summed E-state index contributed by atoms with van der Waals surface area (Å²) in [7, 11) is 1.67. The fourth-order valence-corrected chi connectivity index (χ4v) is 3.64. The number of halogens is 3. The third-order valence-electron chi connectivity index (χ3n) is 4.99. The summed E-state index contributed by atoms with van der Waals surface area (Å²) in [5, 5.41) is 2.81. The van der Waals surface area contributed by atoms with Crippen molar-refractivity contribution in [3.63, 3.8) is 0 Å². The van der Waals surface area contributed by atoms with Gasteiger partial charge < -0.3 is 19.7 Å². The molecule has 3 rings (SSSR count). The van der Waals surface area contributed by atoms with Crippen molar-refractivity contribution in [2.24, 2.45) is 4.40 Å². The Morgan fingerprint density at radius 3 is 2.34 bits per heavy atom. The molecule has 1 heterocycles. The number of nitrogens with zero attached hydrogens (tertiary/aromatic N) is 4. The van der Waals surface area contributed by atoms with E-state index in [1.165, 1.54) is 42.9 Å². The normalized spacial score (nSPS) is 12.3. The molecule has 0 spiro atoms. The SMILES string of the molecule is CC(C=NSNC(=O)Nc1ccccc1C(C)C)Oc1cnc(N(C)c2ccc(OC(F)(F)F)cc2)nc1. The maximum Gasteiger partial charge on any atom is 0.573 e. The number of hydrogen-bond acceptors (Lipinski definition) is 8. The fraction of sp³-hybridized carbons (Fsp3) is 0.280. The van der Waals surface area contributed by atoms with Crippen LogP contribution in [-0.2, 0) is 0 Å². The second kappa shape index (κ2) is 13.0. The van der Waals surface area contributed by atoms with Crippen molar-refractivity contribution in [1.82, 2.24) is 14.7 Å². The standard InChI is InChI=1S/C25H27F3N6O3S/c1-16(2)21-7-5-6-8-22(21)32-24(35)33-38-31-13-17(3)36-20-14-29-23(30-15-20)34(4)18-9-11-19(12-10-18)37-25(26,27)28/h5-17H,1-4H3,(H2,32,33,35). The number of nitrogens with one attached hydrogen (secondary N) is 2. The van der Waals surface area contributed by atoms with E-state index in [0.29, 0.717) is 17.4 Å². The van der Waals surface area contributed by atoms with Crippen LogP contribution < -0.4 is 24.4 Å². The van der Waals surface area contributed by atoms with Gasteiger partial charge in [0.25, 0.3) is 0 Å². The zero-order valence-corrected chi connectivity index (χ0v) is 21.9. The number of anilines is 3. The van der Waals surface area contributed by atoms with E-state index in [-0.39, 0.29) is 11.7 Å². The molecule has 0 saturated heterocycles. The topological polar surface area (TPSA) is 101 Å². The molecule has 0 aliphatic rings. The molecule has 2 amide bonds. The maximum atomic E-state index is 12.3. The first-order valence-corrected chi connectivity index (χ1v) is 12.2. The highest BCUT2D eigenvalue weighted by molar-refractivity contribution is 7.96. The van der Waals surface area contributed by atoms with Crippen LogP contribution in [-0.4, -0.2) is 41.7 Å². The van der Waals surface area contributed by atoms with Crippen molar-refractivity contribution < 1.29 is 27.4 Å². The Bertz CT molecular complexity index is 1220. The number of hydrogen-bond donors (Lipinski definition) is 2. The Morgan fingerprint density at radius 1 is 1.05 bits per heavy atom. The van der Waals surface area contributed by atoms with Crippen LogP contribution in [0.15, 0.2) is 65.3 Å². The number of benzene rings is 2. The number of carbonyl (C=O) groups excluding carboxylic acids is 1. The molecule has 2 N–H and O–H groups in total. The maximum absolute atomic E-state index is 12.3. The minimum atomic E-state index is -4.75. The van der Waals surface area contributed by atoms with Gasteiger partial charge in [0.1, 0.15) is 11.9 Å². The van der Waals surface area contributed by atoms with Crippen molar-refractivity contribution in [3.8, 4) is 11.5 Å². The molecule has 3 aromatic rings. The highest BCUT2D eigenvalue weighted by Gasteiger charge is 2.31. The summed E-state index contributed by atoms with van der Waals surface area (Å²) in [5.74, 6) is 0.645. The van der Waals surface area contributed by atoms with Gasteiger partial charge in [-0.25, -0.2) is 19.2 Å². The van der Waals surface area contributed by atoms with Gasteiger partial charge in [-0.2, -0.15) is 0 Å². The van der Waals surface area contributed by atoms with E-state index in [1.54, 1.807) is 18.9 Å². The highest BCUT2D eigenvalue weighted by Crippen LogP contribution is 2.27. The lowest BCUT2D eigenvalue weighted by molar-refractivity contribution is -0.274. The number of carbonyl (C=O) groups is 1. The van der Waals surface area contributed by atoms with Gasteiger partial charge in [0.05, 0.1) is 30.7 Å². The van der Waals surface area contributed by atoms with Gasteiger partial charge in [-0.3, -0.25) is 4.72 Å². The van der Waals surface area contributed by atoms with Crippen LogP contribution in [0.5, 0.6) is 11.5 Å². The molecular weight excluding hydrogens is 521 g/mol.